The highest BCUT2D eigenvalue weighted by Gasteiger charge is 2.68. The minimum atomic E-state index is -2.52. The van der Waals surface area contributed by atoms with Gasteiger partial charge in [0, 0.05) is 40.5 Å². The first-order valence-electron chi connectivity index (χ1n) is 10.9. The normalized spacial score (nSPS) is 30.6. The lowest BCUT2D eigenvalue weighted by Crippen LogP contribution is -2.65. The van der Waals surface area contributed by atoms with Crippen molar-refractivity contribution in [3.05, 3.63) is 45.2 Å². The molecular weight excluding hydrogens is 442 g/mol. The molecular formula is C25H27NO8. The van der Waals surface area contributed by atoms with Crippen LogP contribution in [0.1, 0.15) is 72.4 Å². The molecule has 3 aliphatic rings. The van der Waals surface area contributed by atoms with Crippen LogP contribution in [0.25, 0.3) is 5.76 Å². The highest BCUT2D eigenvalue weighted by atomic mass is 16.3. The highest BCUT2D eigenvalue weighted by Crippen LogP contribution is 2.62. The van der Waals surface area contributed by atoms with Crippen molar-refractivity contribution < 1.29 is 39.6 Å². The highest BCUT2D eigenvalue weighted by molar-refractivity contribution is 6.15. The smallest absolute Gasteiger partial charge is 0.203 e. The number of phenolic OH excluding ortho intramolecular Hbond substituents is 1. The van der Waals surface area contributed by atoms with Crippen LogP contribution in [0.3, 0.4) is 0 Å². The molecule has 180 valence electrons. The molecule has 1 aromatic rings. The van der Waals surface area contributed by atoms with E-state index in [1.807, 2.05) is 0 Å². The van der Waals surface area contributed by atoms with Gasteiger partial charge in [0.2, 0.25) is 5.78 Å². The second-order valence-corrected chi connectivity index (χ2v) is 10.2. The summed E-state index contributed by atoms with van der Waals surface area (Å²) >= 11 is 0. The monoisotopic (exact) mass is 469 g/mol. The number of Topliss-reactive ketones (excluding diaryl/α,β-unsaturated/α-hetero) is 4. The van der Waals surface area contributed by atoms with Crippen LogP contribution in [-0.4, -0.2) is 55.7 Å². The van der Waals surface area contributed by atoms with E-state index in [9.17, 15) is 39.6 Å². The van der Waals surface area contributed by atoms with Crippen LogP contribution in [0.5, 0.6) is 5.75 Å². The van der Waals surface area contributed by atoms with Crippen molar-refractivity contribution in [3.8, 4) is 5.75 Å². The minimum absolute atomic E-state index is 0.00128. The van der Waals surface area contributed by atoms with Gasteiger partial charge in [-0.1, -0.05) is 13.8 Å². The van der Waals surface area contributed by atoms with E-state index in [2.05, 4.69) is 0 Å². The van der Waals surface area contributed by atoms with Crippen molar-refractivity contribution in [2.45, 2.75) is 52.6 Å². The van der Waals surface area contributed by atoms with Gasteiger partial charge in [0.25, 0.3) is 0 Å². The molecule has 3 atom stereocenters. The van der Waals surface area contributed by atoms with Gasteiger partial charge in [0.15, 0.2) is 23.0 Å². The number of benzene rings is 1. The molecule has 1 saturated carbocycles. The van der Waals surface area contributed by atoms with E-state index in [0.29, 0.717) is 0 Å². The average Bonchev–Trinajstić information content (AvgIpc) is 2.70. The summed E-state index contributed by atoms with van der Waals surface area (Å²) in [7, 11) is 0. The van der Waals surface area contributed by atoms with Crippen LogP contribution >= 0.6 is 0 Å². The van der Waals surface area contributed by atoms with Crippen LogP contribution < -0.4 is 5.73 Å². The zero-order chi connectivity index (χ0) is 25.5. The number of phenols is 1. The molecule has 0 radical (unpaired) electrons. The van der Waals surface area contributed by atoms with Gasteiger partial charge in [-0.3, -0.25) is 19.2 Å². The van der Waals surface area contributed by atoms with Crippen molar-refractivity contribution in [2.75, 3.05) is 6.54 Å². The largest absolute Gasteiger partial charge is 0.508 e. The first kappa shape index (κ1) is 23.8. The van der Waals surface area contributed by atoms with E-state index in [-0.39, 0.29) is 59.2 Å². The Morgan fingerprint density at radius 2 is 1.62 bits per heavy atom. The molecule has 9 nitrogen and oxygen atoms in total. The number of hydrogen-bond donors (Lipinski definition) is 5. The maximum absolute atomic E-state index is 13.8. The molecule has 0 amide bonds. The third-order valence-electron chi connectivity index (χ3n) is 7.74. The Balaban J connectivity index is 2.09. The minimum Gasteiger partial charge on any atom is -0.508 e. The predicted octanol–water partition coefficient (Wildman–Crippen LogP) is 2.08. The van der Waals surface area contributed by atoms with Gasteiger partial charge in [0.05, 0.1) is 11.1 Å². The van der Waals surface area contributed by atoms with E-state index in [1.165, 1.54) is 26.8 Å². The second-order valence-electron chi connectivity index (χ2n) is 10.2. The summed E-state index contributed by atoms with van der Waals surface area (Å²) in [5.74, 6) is -4.53. The van der Waals surface area contributed by atoms with Crippen molar-refractivity contribution >= 4 is 28.9 Å². The molecule has 0 spiro atoms. The Bertz CT molecular complexity index is 1290. The van der Waals surface area contributed by atoms with E-state index < -0.39 is 56.8 Å². The Morgan fingerprint density at radius 1 is 1.03 bits per heavy atom. The van der Waals surface area contributed by atoms with Gasteiger partial charge in [-0.25, -0.2) is 0 Å². The number of aromatic hydroxyl groups is 1. The van der Waals surface area contributed by atoms with Gasteiger partial charge < -0.3 is 26.2 Å². The van der Waals surface area contributed by atoms with Gasteiger partial charge >= 0.3 is 0 Å². The van der Waals surface area contributed by atoms with Crippen LogP contribution in [0.4, 0.5) is 0 Å². The number of ketones is 4. The Kier molecular flexibility index (Phi) is 4.98. The van der Waals surface area contributed by atoms with Crippen molar-refractivity contribution in [3.63, 3.8) is 0 Å². The molecule has 34 heavy (non-hydrogen) atoms. The fraction of sp³-hybridized carbons (Fsp3) is 0.440. The lowest BCUT2D eigenvalue weighted by atomic mass is 9.47. The quantitative estimate of drug-likeness (QED) is 0.415. The number of rotatable bonds is 3. The zero-order valence-electron chi connectivity index (χ0n) is 19.4. The summed E-state index contributed by atoms with van der Waals surface area (Å²) in [6.07, 6.45) is -0.236. The Morgan fingerprint density at radius 3 is 2.15 bits per heavy atom. The number of fused-ring (bicyclic) bond motifs is 3. The number of carbonyl (C=O) groups is 4. The molecule has 1 aromatic carbocycles. The molecule has 4 rings (SSSR count). The fourth-order valence-corrected chi connectivity index (χ4v) is 6.21. The van der Waals surface area contributed by atoms with Gasteiger partial charge in [-0.05, 0) is 38.3 Å². The SMILES string of the molecule is CC(=O)c1cc(C(C)=O)c2c(c1O)C(O)=C1C(=O)[C@]3(O)C(O)=C(CN)C(=O)C[C@]3(C)C[C@]1(C)C2. The third kappa shape index (κ3) is 2.74. The van der Waals surface area contributed by atoms with Gasteiger partial charge in [-0.2, -0.15) is 0 Å². The summed E-state index contributed by atoms with van der Waals surface area (Å²) in [5.41, 5.74) is -0.0228. The number of aliphatic hydroxyl groups excluding tert-OH is 2. The molecule has 0 heterocycles. The number of carbonyl (C=O) groups excluding carboxylic acids is 4. The summed E-state index contributed by atoms with van der Waals surface area (Å²) in [6, 6.07) is 1.27. The molecule has 0 aliphatic heterocycles. The second kappa shape index (κ2) is 7.10. The molecule has 0 unspecified atom stereocenters. The zero-order valence-corrected chi connectivity index (χ0v) is 19.4. The Labute approximate surface area is 195 Å². The summed E-state index contributed by atoms with van der Waals surface area (Å²) in [5, 5.41) is 44.6. The standard InChI is InChI=1S/C25H27NO8/c1-10(27)12-5-13(11(2)28)19(30)17-14(12)6-23(3)9-24(4)7-16(29)15(8-26)21(32)25(24,34)22(33)18(23)20(17)31/h5,30-32,34H,6-9,26H2,1-4H3/t23-,24+,25+/m0/s1. The molecule has 9 heteroatoms. The summed E-state index contributed by atoms with van der Waals surface area (Å²) in [4.78, 5) is 51.1. The predicted molar refractivity (Wildman–Crippen MR) is 120 cm³/mol. The van der Waals surface area contributed by atoms with Crippen LogP contribution in [0, 0.1) is 10.8 Å². The van der Waals surface area contributed by atoms with Gasteiger partial charge in [-0.15, -0.1) is 0 Å². The number of hydrogen-bond acceptors (Lipinski definition) is 9. The summed E-state index contributed by atoms with van der Waals surface area (Å²) < 4.78 is 0. The average molecular weight is 469 g/mol. The van der Waals surface area contributed by atoms with Gasteiger partial charge in [0.1, 0.15) is 17.3 Å². The number of aliphatic hydroxyl groups is 3. The number of nitrogens with two attached hydrogens (primary N) is 1. The van der Waals surface area contributed by atoms with Crippen molar-refractivity contribution in [1.29, 1.82) is 0 Å². The maximum atomic E-state index is 13.8. The molecule has 0 aromatic heterocycles. The lowest BCUT2D eigenvalue weighted by molar-refractivity contribution is -0.164. The molecule has 0 bridgehead atoms. The molecule has 0 saturated heterocycles. The Hall–Kier alpha value is -3.30. The fourth-order valence-electron chi connectivity index (χ4n) is 6.21. The van der Waals surface area contributed by atoms with E-state index >= 15 is 0 Å². The van der Waals surface area contributed by atoms with E-state index in [1.54, 1.807) is 6.92 Å². The van der Waals surface area contributed by atoms with Crippen molar-refractivity contribution in [2.24, 2.45) is 16.6 Å². The van der Waals surface area contributed by atoms with Crippen molar-refractivity contribution in [1.82, 2.24) is 0 Å². The molecule has 3 aliphatic carbocycles. The molecule has 6 N–H and O–H groups in total. The van der Waals surface area contributed by atoms with Crippen LogP contribution in [-0.2, 0) is 16.0 Å². The van der Waals surface area contributed by atoms with Crippen LogP contribution in [0.15, 0.2) is 23.0 Å². The van der Waals surface area contributed by atoms with Crippen LogP contribution in [0.2, 0.25) is 0 Å². The maximum Gasteiger partial charge on any atom is 0.203 e. The van der Waals surface area contributed by atoms with E-state index in [4.69, 9.17) is 5.73 Å². The van der Waals surface area contributed by atoms with E-state index in [0.717, 1.165) is 0 Å². The lowest BCUT2D eigenvalue weighted by Gasteiger charge is -2.56. The topological polar surface area (TPSA) is 175 Å². The first-order chi connectivity index (χ1) is 15.6. The molecule has 1 fully saturated rings. The third-order valence-corrected chi connectivity index (χ3v) is 7.74. The summed E-state index contributed by atoms with van der Waals surface area (Å²) in [6.45, 7) is 5.28. The first-order valence-corrected chi connectivity index (χ1v) is 10.9.